The molecular formula is C30H29Cl2F4NO4. The number of ether oxygens (including phenoxy) is 1. The number of hydrogen-bond donors (Lipinski definition) is 2. The van der Waals surface area contributed by atoms with Gasteiger partial charge in [0.05, 0.1) is 21.7 Å². The van der Waals surface area contributed by atoms with E-state index in [0.29, 0.717) is 11.6 Å². The third kappa shape index (κ3) is 8.84. The zero-order chi connectivity index (χ0) is 30.3. The lowest BCUT2D eigenvalue weighted by molar-refractivity contribution is -0.138. The lowest BCUT2D eigenvalue weighted by atomic mass is 9.99. The van der Waals surface area contributed by atoms with Gasteiger partial charge in [-0.05, 0) is 54.8 Å². The largest absolute Gasteiger partial charge is 0.490 e. The second-order valence-electron chi connectivity index (χ2n) is 9.65. The number of hydrogen-bond acceptors (Lipinski definition) is 4. The van der Waals surface area contributed by atoms with Crippen LogP contribution in [0.1, 0.15) is 55.5 Å². The van der Waals surface area contributed by atoms with Gasteiger partial charge in [0.2, 0.25) is 0 Å². The van der Waals surface area contributed by atoms with Gasteiger partial charge in [-0.15, -0.1) is 0 Å². The first-order valence-corrected chi connectivity index (χ1v) is 13.7. The zero-order valence-corrected chi connectivity index (χ0v) is 23.8. The summed E-state index contributed by atoms with van der Waals surface area (Å²) < 4.78 is 59.2. The van der Waals surface area contributed by atoms with Crippen LogP contribution in [0.5, 0.6) is 5.75 Å². The molecule has 41 heavy (non-hydrogen) atoms. The van der Waals surface area contributed by atoms with Gasteiger partial charge in [-0.2, -0.15) is 13.2 Å². The Balaban J connectivity index is 1.71. The van der Waals surface area contributed by atoms with Gasteiger partial charge < -0.3 is 15.2 Å². The molecule has 0 saturated heterocycles. The normalized spacial score (nSPS) is 13.0. The summed E-state index contributed by atoms with van der Waals surface area (Å²) in [7, 11) is 0. The number of alkyl halides is 3. The zero-order valence-electron chi connectivity index (χ0n) is 22.3. The third-order valence-electron chi connectivity index (χ3n) is 6.71. The van der Waals surface area contributed by atoms with E-state index < -0.39 is 23.5 Å². The van der Waals surface area contributed by atoms with Gasteiger partial charge in [-0.25, -0.2) is 4.39 Å². The van der Waals surface area contributed by atoms with Crippen LogP contribution in [0.4, 0.5) is 23.2 Å². The van der Waals surface area contributed by atoms with E-state index in [4.69, 9.17) is 33.0 Å². The second-order valence-corrected chi connectivity index (χ2v) is 10.5. The number of carboxylic acid groups (broad SMARTS) is 1. The van der Waals surface area contributed by atoms with Gasteiger partial charge in [0, 0.05) is 41.3 Å². The predicted molar refractivity (Wildman–Crippen MR) is 151 cm³/mol. The fourth-order valence-corrected chi connectivity index (χ4v) is 4.55. The Labute approximate surface area is 245 Å². The first-order valence-electron chi connectivity index (χ1n) is 12.9. The van der Waals surface area contributed by atoms with Crippen LogP contribution >= 0.6 is 23.2 Å². The van der Waals surface area contributed by atoms with Crippen molar-refractivity contribution in [3.05, 3.63) is 81.6 Å². The smallest absolute Gasteiger partial charge is 0.416 e. The molecule has 11 heteroatoms. The van der Waals surface area contributed by atoms with Crippen molar-refractivity contribution in [1.82, 2.24) is 0 Å². The average Bonchev–Trinajstić information content (AvgIpc) is 2.91. The molecule has 2 N–H and O–H groups in total. The maximum Gasteiger partial charge on any atom is 0.416 e. The predicted octanol–water partition coefficient (Wildman–Crippen LogP) is 9.16. The Kier molecular flexibility index (Phi) is 11.0. The van der Waals surface area contributed by atoms with Crippen molar-refractivity contribution in [1.29, 1.82) is 0 Å². The molecule has 0 aromatic heterocycles. The number of halogens is 6. The number of rotatable bonds is 13. The van der Waals surface area contributed by atoms with Crippen molar-refractivity contribution in [2.75, 3.05) is 11.9 Å². The average molecular weight is 614 g/mol. The quantitative estimate of drug-likeness (QED) is 0.148. The number of carbonyl (C=O) groups is 2. The van der Waals surface area contributed by atoms with Crippen molar-refractivity contribution >= 4 is 40.6 Å². The molecule has 0 aliphatic rings. The van der Waals surface area contributed by atoms with Crippen molar-refractivity contribution < 1.29 is 37.0 Å². The van der Waals surface area contributed by atoms with Gasteiger partial charge in [0.15, 0.2) is 5.78 Å². The van der Waals surface area contributed by atoms with E-state index in [0.717, 1.165) is 24.2 Å². The Bertz CT molecular complexity index is 1380. The monoisotopic (exact) mass is 613 g/mol. The molecule has 5 nitrogen and oxygen atoms in total. The fraction of sp³-hybridized carbons (Fsp3) is 0.333. The number of anilines is 1. The molecule has 0 unspecified atom stereocenters. The molecule has 0 aliphatic heterocycles. The molecule has 0 heterocycles. The molecule has 2 atom stereocenters. The highest BCUT2D eigenvalue weighted by Crippen LogP contribution is 2.39. The van der Waals surface area contributed by atoms with E-state index >= 15 is 0 Å². The number of carboxylic acids is 1. The van der Waals surface area contributed by atoms with Crippen molar-refractivity contribution in [2.45, 2.75) is 51.7 Å². The SMILES string of the molecule is CC[C@H](C)[C@@H](COc1cc(Cl)c(-c2ccc(C(F)(F)F)cc2F)cc1Cl)Nc1ccc(C(=O)CCCC(=O)O)cc1. The fourth-order valence-electron chi connectivity index (χ4n) is 4.08. The summed E-state index contributed by atoms with van der Waals surface area (Å²) in [5, 5.41) is 12.3. The second kappa shape index (κ2) is 14.0. The Morgan fingerprint density at radius 2 is 1.66 bits per heavy atom. The molecule has 3 rings (SSSR count). The lowest BCUT2D eigenvalue weighted by Crippen LogP contribution is -2.33. The van der Waals surface area contributed by atoms with E-state index in [1.165, 1.54) is 12.1 Å². The van der Waals surface area contributed by atoms with Crippen molar-refractivity contribution in [3.8, 4) is 16.9 Å². The number of carbonyl (C=O) groups excluding carboxylic acids is 1. The van der Waals surface area contributed by atoms with Gasteiger partial charge in [0.25, 0.3) is 0 Å². The van der Waals surface area contributed by atoms with Gasteiger partial charge >= 0.3 is 12.1 Å². The molecule has 0 aliphatic carbocycles. The van der Waals surface area contributed by atoms with E-state index in [2.05, 4.69) is 5.32 Å². The van der Waals surface area contributed by atoms with Gasteiger partial charge in [-0.1, -0.05) is 49.5 Å². The first-order chi connectivity index (χ1) is 19.3. The highest BCUT2D eigenvalue weighted by atomic mass is 35.5. The van der Waals surface area contributed by atoms with E-state index in [1.54, 1.807) is 24.3 Å². The number of nitrogens with one attached hydrogen (secondary N) is 1. The lowest BCUT2D eigenvalue weighted by Gasteiger charge is -2.26. The summed E-state index contributed by atoms with van der Waals surface area (Å²) in [5.74, 6) is -1.78. The molecule has 220 valence electrons. The number of benzene rings is 3. The third-order valence-corrected chi connectivity index (χ3v) is 7.32. The van der Waals surface area contributed by atoms with Crippen LogP contribution in [0.15, 0.2) is 54.6 Å². The number of aliphatic carboxylic acids is 1. The Morgan fingerprint density at radius 1 is 0.976 bits per heavy atom. The summed E-state index contributed by atoms with van der Waals surface area (Å²) in [4.78, 5) is 23.0. The standard InChI is InChI=1S/C30H29Cl2F4NO4/c1-3-17(2)26(37-20-10-7-18(8-11-20)27(38)5-4-6-29(39)40)16-41-28-15-23(31)22(14-24(28)32)21-12-9-19(13-25(21)33)30(34,35)36/h7-15,17,26,37H,3-6,16H2,1-2H3,(H,39,40)/t17-,26+/m0/s1. The van der Waals surface area contributed by atoms with Crippen LogP contribution in [0, 0.1) is 11.7 Å². The topological polar surface area (TPSA) is 75.6 Å². The highest BCUT2D eigenvalue weighted by molar-refractivity contribution is 6.36. The molecule has 0 saturated carbocycles. The molecule has 0 fully saturated rings. The summed E-state index contributed by atoms with van der Waals surface area (Å²) in [6.07, 6.45) is -3.50. The molecular weight excluding hydrogens is 585 g/mol. The Morgan fingerprint density at radius 3 is 2.24 bits per heavy atom. The molecule has 0 bridgehead atoms. The Hall–Kier alpha value is -3.30. The summed E-state index contributed by atoms with van der Waals surface area (Å²) in [6.45, 7) is 4.23. The first kappa shape index (κ1) is 32.2. The highest BCUT2D eigenvalue weighted by Gasteiger charge is 2.31. The van der Waals surface area contributed by atoms with Crippen LogP contribution in [0.25, 0.3) is 11.1 Å². The van der Waals surface area contributed by atoms with Crippen molar-refractivity contribution in [2.24, 2.45) is 5.92 Å². The summed E-state index contributed by atoms with van der Waals surface area (Å²) in [5.41, 5.74) is 0.131. The van der Waals surface area contributed by atoms with Crippen LogP contribution in [-0.4, -0.2) is 29.5 Å². The maximum atomic E-state index is 14.5. The van der Waals surface area contributed by atoms with E-state index in [9.17, 15) is 27.2 Å². The minimum Gasteiger partial charge on any atom is -0.490 e. The summed E-state index contributed by atoms with van der Waals surface area (Å²) >= 11 is 12.8. The van der Waals surface area contributed by atoms with Gasteiger partial charge in [0.1, 0.15) is 18.2 Å². The van der Waals surface area contributed by atoms with E-state index in [1.807, 2.05) is 13.8 Å². The number of ketones is 1. The number of Topliss-reactive ketones (excluding diaryl/α,β-unsaturated/α-hetero) is 1. The van der Waals surface area contributed by atoms with Crippen molar-refractivity contribution in [3.63, 3.8) is 0 Å². The van der Waals surface area contributed by atoms with Crippen LogP contribution < -0.4 is 10.1 Å². The molecule has 3 aromatic carbocycles. The van der Waals surface area contributed by atoms with E-state index in [-0.39, 0.29) is 70.5 Å². The minimum atomic E-state index is -4.68. The molecule has 3 aromatic rings. The summed E-state index contributed by atoms with van der Waals surface area (Å²) in [6, 6.07) is 11.6. The molecule has 0 radical (unpaired) electrons. The van der Waals surface area contributed by atoms with Crippen LogP contribution in [0.3, 0.4) is 0 Å². The maximum absolute atomic E-state index is 14.5. The van der Waals surface area contributed by atoms with Gasteiger partial charge in [-0.3, -0.25) is 9.59 Å². The van der Waals surface area contributed by atoms with Crippen LogP contribution in [-0.2, 0) is 11.0 Å². The molecule has 0 amide bonds. The molecule has 0 spiro atoms. The minimum absolute atomic E-state index is 0.0553. The van der Waals surface area contributed by atoms with Crippen LogP contribution in [0.2, 0.25) is 10.0 Å².